The van der Waals surface area contributed by atoms with E-state index < -0.39 is 11.7 Å². The normalized spacial score (nSPS) is 17.9. The van der Waals surface area contributed by atoms with E-state index in [1.54, 1.807) is 31.2 Å². The molecule has 1 aromatic rings. The SMILES string of the molecule is CCOC(=O)C1CCCN(C(=O)C(=O)c2ccc(C)cc2)C1. The van der Waals surface area contributed by atoms with Gasteiger partial charge in [-0.25, -0.2) is 0 Å². The van der Waals surface area contributed by atoms with Gasteiger partial charge in [-0.05, 0) is 26.7 Å². The summed E-state index contributed by atoms with van der Waals surface area (Å²) in [5.41, 5.74) is 1.42. The van der Waals surface area contributed by atoms with Crippen LogP contribution in [0.1, 0.15) is 35.7 Å². The number of carbonyl (C=O) groups is 3. The quantitative estimate of drug-likeness (QED) is 0.485. The summed E-state index contributed by atoms with van der Waals surface area (Å²) in [6.45, 7) is 4.77. The Morgan fingerprint density at radius 1 is 1.23 bits per heavy atom. The van der Waals surface area contributed by atoms with Gasteiger partial charge in [0, 0.05) is 18.7 Å². The average molecular weight is 303 g/mol. The Hall–Kier alpha value is -2.17. The lowest BCUT2D eigenvalue weighted by atomic mass is 9.97. The number of hydrogen-bond donors (Lipinski definition) is 0. The molecule has 22 heavy (non-hydrogen) atoms. The molecule has 1 saturated heterocycles. The number of esters is 1. The van der Waals surface area contributed by atoms with Crippen LogP contribution < -0.4 is 0 Å². The first kappa shape index (κ1) is 16.2. The minimum Gasteiger partial charge on any atom is -0.466 e. The maximum Gasteiger partial charge on any atom is 0.310 e. The summed E-state index contributed by atoms with van der Waals surface area (Å²) in [5.74, 6) is -1.69. The molecular weight excluding hydrogens is 282 g/mol. The third-order valence-corrected chi connectivity index (χ3v) is 3.84. The van der Waals surface area contributed by atoms with Crippen molar-refractivity contribution in [3.8, 4) is 0 Å². The molecule has 0 saturated carbocycles. The van der Waals surface area contributed by atoms with Crippen LogP contribution in [0, 0.1) is 12.8 Å². The Kier molecular flexibility index (Phi) is 5.31. The molecule has 0 N–H and O–H groups in total. The van der Waals surface area contributed by atoms with Gasteiger partial charge in [-0.3, -0.25) is 14.4 Å². The minimum atomic E-state index is -0.544. The van der Waals surface area contributed by atoms with Crippen molar-refractivity contribution in [3.63, 3.8) is 0 Å². The van der Waals surface area contributed by atoms with Crippen molar-refractivity contribution in [1.82, 2.24) is 4.90 Å². The number of carbonyl (C=O) groups excluding carboxylic acids is 3. The van der Waals surface area contributed by atoms with Crippen LogP contribution in [0.25, 0.3) is 0 Å². The van der Waals surface area contributed by atoms with Crippen molar-refractivity contribution in [3.05, 3.63) is 35.4 Å². The number of nitrogens with zero attached hydrogens (tertiary/aromatic N) is 1. The van der Waals surface area contributed by atoms with Crippen molar-refractivity contribution in [2.24, 2.45) is 5.92 Å². The van der Waals surface area contributed by atoms with Crippen LogP contribution in [0.5, 0.6) is 0 Å². The summed E-state index contributed by atoms with van der Waals surface area (Å²) < 4.78 is 5.01. The van der Waals surface area contributed by atoms with Gasteiger partial charge < -0.3 is 9.64 Å². The Bertz CT molecular complexity index is 565. The maximum atomic E-state index is 12.3. The van der Waals surface area contributed by atoms with Crippen molar-refractivity contribution in [2.45, 2.75) is 26.7 Å². The molecule has 5 nitrogen and oxygen atoms in total. The molecule has 1 aliphatic heterocycles. The van der Waals surface area contributed by atoms with Gasteiger partial charge in [0.25, 0.3) is 5.91 Å². The lowest BCUT2D eigenvalue weighted by Gasteiger charge is -2.31. The molecule has 118 valence electrons. The number of rotatable bonds is 4. The number of ether oxygens (including phenoxy) is 1. The van der Waals surface area contributed by atoms with Crippen molar-refractivity contribution in [2.75, 3.05) is 19.7 Å². The van der Waals surface area contributed by atoms with Crippen LogP contribution in [0.2, 0.25) is 0 Å². The summed E-state index contributed by atoms with van der Waals surface area (Å²) in [6, 6.07) is 6.92. The highest BCUT2D eigenvalue weighted by atomic mass is 16.5. The Balaban J connectivity index is 2.03. The van der Waals surface area contributed by atoms with Crippen LogP contribution in [-0.2, 0) is 14.3 Å². The summed E-state index contributed by atoms with van der Waals surface area (Å²) in [4.78, 5) is 37.8. The van der Waals surface area contributed by atoms with Gasteiger partial charge >= 0.3 is 5.97 Å². The summed E-state index contributed by atoms with van der Waals surface area (Å²) >= 11 is 0. The van der Waals surface area contributed by atoms with E-state index >= 15 is 0 Å². The second-order valence-electron chi connectivity index (χ2n) is 5.54. The highest BCUT2D eigenvalue weighted by molar-refractivity contribution is 6.42. The predicted molar refractivity (Wildman–Crippen MR) is 81.4 cm³/mol. The van der Waals surface area contributed by atoms with Gasteiger partial charge in [-0.15, -0.1) is 0 Å². The van der Waals surface area contributed by atoms with E-state index in [2.05, 4.69) is 0 Å². The van der Waals surface area contributed by atoms with E-state index in [9.17, 15) is 14.4 Å². The molecule has 0 aliphatic carbocycles. The fourth-order valence-corrected chi connectivity index (χ4v) is 2.59. The number of Topliss-reactive ketones (excluding diaryl/α,β-unsaturated/α-hetero) is 1. The second-order valence-corrected chi connectivity index (χ2v) is 5.54. The number of ketones is 1. The predicted octanol–water partition coefficient (Wildman–Crippen LogP) is 1.98. The maximum absolute atomic E-state index is 12.3. The third kappa shape index (κ3) is 3.72. The molecule has 0 bridgehead atoms. The zero-order valence-electron chi connectivity index (χ0n) is 13.0. The molecule has 1 atom stereocenters. The van der Waals surface area contributed by atoms with Crippen molar-refractivity contribution >= 4 is 17.7 Å². The average Bonchev–Trinajstić information content (AvgIpc) is 2.54. The fraction of sp³-hybridized carbons (Fsp3) is 0.471. The summed E-state index contributed by atoms with van der Waals surface area (Å²) in [7, 11) is 0. The topological polar surface area (TPSA) is 63.7 Å². The number of amides is 1. The Labute approximate surface area is 130 Å². The van der Waals surface area contributed by atoms with Gasteiger partial charge in [-0.2, -0.15) is 0 Å². The number of piperidine rings is 1. The first-order valence-electron chi connectivity index (χ1n) is 7.59. The minimum absolute atomic E-state index is 0.259. The van der Waals surface area contributed by atoms with Gasteiger partial charge in [0.15, 0.2) is 0 Å². The monoisotopic (exact) mass is 303 g/mol. The van der Waals surface area contributed by atoms with E-state index in [1.165, 1.54) is 4.90 Å². The van der Waals surface area contributed by atoms with Crippen LogP contribution in [0.3, 0.4) is 0 Å². The molecule has 2 rings (SSSR count). The molecule has 0 aromatic heterocycles. The molecule has 0 radical (unpaired) electrons. The first-order chi connectivity index (χ1) is 10.5. The summed E-state index contributed by atoms with van der Waals surface area (Å²) in [6.07, 6.45) is 1.40. The molecule has 5 heteroatoms. The lowest BCUT2D eigenvalue weighted by molar-refractivity contribution is -0.150. The standard InChI is InChI=1S/C17H21NO4/c1-3-22-17(21)14-5-4-10-18(11-14)16(20)15(19)13-8-6-12(2)7-9-13/h6-9,14H,3-5,10-11H2,1-2H3. The number of benzene rings is 1. The first-order valence-corrected chi connectivity index (χ1v) is 7.59. The lowest BCUT2D eigenvalue weighted by Crippen LogP contribution is -2.45. The largest absolute Gasteiger partial charge is 0.466 e. The van der Waals surface area contributed by atoms with Crippen molar-refractivity contribution in [1.29, 1.82) is 0 Å². The zero-order valence-corrected chi connectivity index (χ0v) is 13.0. The smallest absolute Gasteiger partial charge is 0.310 e. The molecule has 1 aliphatic rings. The Morgan fingerprint density at radius 3 is 2.55 bits per heavy atom. The van der Waals surface area contributed by atoms with E-state index in [0.717, 1.165) is 5.56 Å². The van der Waals surface area contributed by atoms with E-state index in [4.69, 9.17) is 4.74 Å². The number of aryl methyl sites for hydroxylation is 1. The van der Waals surface area contributed by atoms with E-state index in [-0.39, 0.29) is 18.4 Å². The summed E-state index contributed by atoms with van der Waals surface area (Å²) in [5, 5.41) is 0. The van der Waals surface area contributed by atoms with Crippen LogP contribution >= 0.6 is 0 Å². The molecule has 0 spiro atoms. The van der Waals surface area contributed by atoms with Crippen LogP contribution in [0.4, 0.5) is 0 Å². The second kappa shape index (κ2) is 7.20. The van der Waals surface area contributed by atoms with E-state index in [0.29, 0.717) is 31.6 Å². The molecule has 1 aromatic carbocycles. The molecular formula is C17H21NO4. The van der Waals surface area contributed by atoms with Gasteiger partial charge in [0.05, 0.1) is 12.5 Å². The molecule has 1 unspecified atom stereocenters. The molecule has 1 amide bonds. The molecule has 1 heterocycles. The number of hydrogen-bond acceptors (Lipinski definition) is 4. The highest BCUT2D eigenvalue weighted by Gasteiger charge is 2.32. The Morgan fingerprint density at radius 2 is 1.91 bits per heavy atom. The van der Waals surface area contributed by atoms with Crippen molar-refractivity contribution < 1.29 is 19.1 Å². The van der Waals surface area contributed by atoms with Crippen LogP contribution in [-0.4, -0.2) is 42.3 Å². The van der Waals surface area contributed by atoms with Gasteiger partial charge in [0.1, 0.15) is 0 Å². The van der Waals surface area contributed by atoms with E-state index in [1.807, 2.05) is 6.92 Å². The van der Waals surface area contributed by atoms with Gasteiger partial charge in [0.2, 0.25) is 5.78 Å². The number of likely N-dealkylation sites (tertiary alicyclic amines) is 1. The zero-order chi connectivity index (χ0) is 16.1. The highest BCUT2D eigenvalue weighted by Crippen LogP contribution is 2.19. The van der Waals surface area contributed by atoms with Gasteiger partial charge in [-0.1, -0.05) is 29.8 Å². The third-order valence-electron chi connectivity index (χ3n) is 3.84. The molecule has 1 fully saturated rings. The van der Waals surface area contributed by atoms with Crippen LogP contribution in [0.15, 0.2) is 24.3 Å². The fourth-order valence-electron chi connectivity index (χ4n) is 2.59.